The number of ether oxygens (including phenoxy) is 2. The number of carbonyl (C=O) groups is 3. The van der Waals surface area contributed by atoms with Crippen molar-refractivity contribution in [3.8, 4) is 5.75 Å². The van der Waals surface area contributed by atoms with Crippen LogP contribution in [0.3, 0.4) is 0 Å². The molecule has 2 aliphatic rings. The van der Waals surface area contributed by atoms with E-state index in [0.717, 1.165) is 18.4 Å². The second kappa shape index (κ2) is 8.20. The van der Waals surface area contributed by atoms with Crippen molar-refractivity contribution in [2.45, 2.75) is 64.1 Å². The molecule has 1 aromatic carbocycles. The number of piperidine rings is 2. The molecule has 0 aromatic heterocycles. The molecule has 7 heteroatoms. The van der Waals surface area contributed by atoms with Crippen LogP contribution in [0.25, 0.3) is 0 Å². The summed E-state index contributed by atoms with van der Waals surface area (Å²) in [4.78, 5) is 37.1. The van der Waals surface area contributed by atoms with Crippen LogP contribution in [-0.4, -0.2) is 47.6 Å². The average molecular weight is 388 g/mol. The van der Waals surface area contributed by atoms with Crippen molar-refractivity contribution in [3.63, 3.8) is 0 Å². The number of benzene rings is 1. The summed E-state index contributed by atoms with van der Waals surface area (Å²) in [6.07, 6.45) is 1.48. The number of nitrogens with one attached hydrogen (secondary N) is 1. The molecule has 2 heterocycles. The van der Waals surface area contributed by atoms with E-state index in [0.29, 0.717) is 37.6 Å². The third-order valence-electron chi connectivity index (χ3n) is 4.94. The first kappa shape index (κ1) is 20.2. The topological polar surface area (TPSA) is 84.9 Å². The summed E-state index contributed by atoms with van der Waals surface area (Å²) in [5.41, 5.74) is 0.643. The fraction of sp³-hybridized carbons (Fsp3) is 0.571. The molecule has 0 saturated carbocycles. The molecule has 1 atom stereocenters. The number of likely N-dealkylation sites (tertiary alicyclic amines) is 1. The molecule has 7 nitrogen and oxygen atoms in total. The van der Waals surface area contributed by atoms with Crippen molar-refractivity contribution in [1.29, 1.82) is 0 Å². The van der Waals surface area contributed by atoms with Gasteiger partial charge in [-0.2, -0.15) is 0 Å². The summed E-state index contributed by atoms with van der Waals surface area (Å²) >= 11 is 0. The Morgan fingerprint density at radius 2 is 1.86 bits per heavy atom. The molecule has 152 valence electrons. The number of amides is 3. The molecule has 2 saturated heterocycles. The summed E-state index contributed by atoms with van der Waals surface area (Å²) in [7, 11) is 0. The van der Waals surface area contributed by atoms with Crippen LogP contribution in [0.5, 0.6) is 5.75 Å². The zero-order valence-electron chi connectivity index (χ0n) is 16.7. The largest absolute Gasteiger partial charge is 0.481 e. The maximum Gasteiger partial charge on any atom is 0.410 e. The predicted octanol–water partition coefficient (Wildman–Crippen LogP) is 2.99. The van der Waals surface area contributed by atoms with E-state index in [1.165, 1.54) is 0 Å². The molecule has 2 aliphatic heterocycles. The minimum Gasteiger partial charge on any atom is -0.481 e. The fourth-order valence-corrected chi connectivity index (χ4v) is 3.51. The molecule has 3 rings (SSSR count). The molecule has 0 radical (unpaired) electrons. The highest BCUT2D eigenvalue weighted by atomic mass is 16.6. The van der Waals surface area contributed by atoms with Gasteiger partial charge in [-0.3, -0.25) is 14.9 Å². The number of rotatable bonds is 3. The average Bonchev–Trinajstić information content (AvgIpc) is 2.63. The van der Waals surface area contributed by atoms with E-state index in [1.54, 1.807) is 4.90 Å². The van der Waals surface area contributed by atoms with E-state index in [-0.39, 0.29) is 17.9 Å². The first-order chi connectivity index (χ1) is 13.2. The predicted molar refractivity (Wildman–Crippen MR) is 103 cm³/mol. The van der Waals surface area contributed by atoms with Crippen molar-refractivity contribution >= 4 is 17.9 Å². The zero-order chi connectivity index (χ0) is 20.3. The fourth-order valence-electron chi connectivity index (χ4n) is 3.51. The van der Waals surface area contributed by atoms with Gasteiger partial charge in [-0.1, -0.05) is 12.1 Å². The van der Waals surface area contributed by atoms with Crippen LogP contribution in [-0.2, 0) is 14.3 Å². The molecule has 0 bridgehead atoms. The molecule has 0 spiro atoms. The van der Waals surface area contributed by atoms with Crippen molar-refractivity contribution in [1.82, 2.24) is 10.2 Å². The number of hydrogen-bond donors (Lipinski definition) is 1. The standard InChI is InChI=1S/C21H28N2O5/c1-21(2,3)28-20(26)23-11-9-14(10-12-23)15-5-4-6-16(13-15)27-17-7-8-18(24)22-19(17)25/h4-6,13-14,17H,7-12H2,1-3H3,(H,22,24,25). The number of hydrogen-bond acceptors (Lipinski definition) is 5. The maximum atomic E-state index is 12.2. The summed E-state index contributed by atoms with van der Waals surface area (Å²) < 4.78 is 11.3. The van der Waals surface area contributed by atoms with E-state index >= 15 is 0 Å². The Balaban J connectivity index is 1.57. The van der Waals surface area contributed by atoms with Crippen LogP contribution in [0.15, 0.2) is 24.3 Å². The summed E-state index contributed by atoms with van der Waals surface area (Å²) in [5.74, 6) is 0.313. The van der Waals surface area contributed by atoms with Crippen LogP contribution in [0.2, 0.25) is 0 Å². The van der Waals surface area contributed by atoms with Crippen molar-refractivity contribution in [2.75, 3.05) is 13.1 Å². The Hall–Kier alpha value is -2.57. The van der Waals surface area contributed by atoms with E-state index in [1.807, 2.05) is 45.0 Å². The van der Waals surface area contributed by atoms with Gasteiger partial charge in [-0.05, 0) is 57.2 Å². The molecular formula is C21H28N2O5. The van der Waals surface area contributed by atoms with Gasteiger partial charge >= 0.3 is 6.09 Å². The quantitative estimate of drug-likeness (QED) is 0.805. The van der Waals surface area contributed by atoms with E-state index < -0.39 is 11.7 Å². The third kappa shape index (κ3) is 5.24. The minimum absolute atomic E-state index is 0.254. The van der Waals surface area contributed by atoms with Gasteiger partial charge in [-0.15, -0.1) is 0 Å². The minimum atomic E-state index is -0.637. The van der Waals surface area contributed by atoms with Crippen molar-refractivity contribution < 1.29 is 23.9 Å². The van der Waals surface area contributed by atoms with Gasteiger partial charge < -0.3 is 14.4 Å². The highest BCUT2D eigenvalue weighted by molar-refractivity contribution is 5.99. The Kier molecular flexibility index (Phi) is 5.91. The lowest BCUT2D eigenvalue weighted by Gasteiger charge is -2.33. The van der Waals surface area contributed by atoms with Crippen molar-refractivity contribution in [3.05, 3.63) is 29.8 Å². The summed E-state index contributed by atoms with van der Waals surface area (Å²) in [5, 5.41) is 2.31. The summed E-state index contributed by atoms with van der Waals surface area (Å²) in [6, 6.07) is 7.74. The van der Waals surface area contributed by atoms with Gasteiger partial charge in [-0.25, -0.2) is 4.79 Å². The number of carbonyl (C=O) groups excluding carboxylic acids is 3. The lowest BCUT2D eigenvalue weighted by Crippen LogP contribution is -2.46. The Bertz CT molecular complexity index is 747. The monoisotopic (exact) mass is 388 g/mol. The molecule has 1 aromatic rings. The van der Waals surface area contributed by atoms with E-state index in [4.69, 9.17) is 9.47 Å². The second-order valence-electron chi connectivity index (χ2n) is 8.37. The maximum absolute atomic E-state index is 12.2. The highest BCUT2D eigenvalue weighted by Gasteiger charge is 2.29. The molecular weight excluding hydrogens is 360 g/mol. The second-order valence-corrected chi connectivity index (χ2v) is 8.37. The van der Waals surface area contributed by atoms with Crippen LogP contribution in [0.1, 0.15) is 57.9 Å². The molecule has 28 heavy (non-hydrogen) atoms. The van der Waals surface area contributed by atoms with Gasteiger partial charge in [0.1, 0.15) is 11.4 Å². The molecule has 3 amide bonds. The lowest BCUT2D eigenvalue weighted by molar-refractivity contribution is -0.138. The van der Waals surface area contributed by atoms with Crippen LogP contribution < -0.4 is 10.1 Å². The Morgan fingerprint density at radius 3 is 2.50 bits per heavy atom. The van der Waals surface area contributed by atoms with Crippen LogP contribution >= 0.6 is 0 Å². The van der Waals surface area contributed by atoms with Gasteiger partial charge in [0.05, 0.1) is 0 Å². The van der Waals surface area contributed by atoms with E-state index in [9.17, 15) is 14.4 Å². The highest BCUT2D eigenvalue weighted by Crippen LogP contribution is 2.31. The molecule has 2 fully saturated rings. The number of nitrogens with zero attached hydrogens (tertiary/aromatic N) is 1. The van der Waals surface area contributed by atoms with Gasteiger partial charge in [0, 0.05) is 25.9 Å². The van der Waals surface area contributed by atoms with E-state index in [2.05, 4.69) is 5.32 Å². The van der Waals surface area contributed by atoms with Crippen LogP contribution in [0, 0.1) is 0 Å². The first-order valence-corrected chi connectivity index (χ1v) is 9.79. The summed E-state index contributed by atoms with van der Waals surface area (Å²) in [6.45, 7) is 6.90. The molecule has 0 aliphatic carbocycles. The first-order valence-electron chi connectivity index (χ1n) is 9.79. The van der Waals surface area contributed by atoms with Gasteiger partial charge in [0.2, 0.25) is 5.91 Å². The Labute approximate surface area is 165 Å². The normalized spacial score (nSPS) is 21.2. The Morgan fingerprint density at radius 1 is 1.14 bits per heavy atom. The smallest absolute Gasteiger partial charge is 0.410 e. The van der Waals surface area contributed by atoms with Gasteiger partial charge in [0.15, 0.2) is 6.10 Å². The SMILES string of the molecule is CC(C)(C)OC(=O)N1CCC(c2cccc(OC3CCC(=O)NC3=O)c2)CC1. The van der Waals surface area contributed by atoms with Gasteiger partial charge in [0.25, 0.3) is 5.91 Å². The lowest BCUT2D eigenvalue weighted by atomic mass is 9.89. The molecule has 1 N–H and O–H groups in total. The zero-order valence-corrected chi connectivity index (χ0v) is 16.7. The third-order valence-corrected chi connectivity index (χ3v) is 4.94. The van der Waals surface area contributed by atoms with Crippen molar-refractivity contribution in [2.24, 2.45) is 0 Å². The molecule has 1 unspecified atom stereocenters. The number of imide groups is 1. The van der Waals surface area contributed by atoms with Crippen LogP contribution in [0.4, 0.5) is 4.79 Å².